The van der Waals surface area contributed by atoms with Gasteiger partial charge in [0.2, 0.25) is 17.7 Å². The average Bonchev–Trinajstić information content (AvgIpc) is 3.48. The summed E-state index contributed by atoms with van der Waals surface area (Å²) in [7, 11) is 3.03. The summed E-state index contributed by atoms with van der Waals surface area (Å²) in [6.07, 6.45) is 2.25. The lowest BCUT2D eigenvalue weighted by atomic mass is 10.0. The van der Waals surface area contributed by atoms with Gasteiger partial charge < -0.3 is 29.7 Å². The molecule has 0 bridgehead atoms. The summed E-state index contributed by atoms with van der Waals surface area (Å²) < 4.78 is 17.2. The maximum absolute atomic E-state index is 13.4. The van der Waals surface area contributed by atoms with Crippen LogP contribution in [0.2, 0.25) is 10.0 Å². The number of benzene rings is 3. The molecule has 300 valence electrons. The van der Waals surface area contributed by atoms with Crippen LogP contribution in [0.25, 0.3) is 10.9 Å². The number of carbonyl (C=O) groups is 5. The number of halogens is 2. The van der Waals surface area contributed by atoms with E-state index in [1.165, 1.54) is 26.5 Å². The van der Waals surface area contributed by atoms with E-state index in [4.69, 9.17) is 37.4 Å². The van der Waals surface area contributed by atoms with Gasteiger partial charge in [-0.15, -0.1) is 0 Å². The maximum atomic E-state index is 13.4. The van der Waals surface area contributed by atoms with Gasteiger partial charge in [0.05, 0.1) is 71.0 Å². The number of ether oxygens (including phenoxy) is 3. The van der Waals surface area contributed by atoms with Gasteiger partial charge in [-0.25, -0.2) is 0 Å². The Morgan fingerprint density at radius 1 is 0.966 bits per heavy atom. The first-order valence-electron chi connectivity index (χ1n) is 18.4. The number of hydrogen-bond acceptors (Lipinski definition) is 13. The molecule has 58 heavy (non-hydrogen) atoms. The molecule has 3 aliphatic rings. The highest BCUT2D eigenvalue weighted by Gasteiger charge is 2.45. The molecule has 0 radical (unpaired) electrons. The molecule has 0 spiro atoms. The van der Waals surface area contributed by atoms with Crippen molar-refractivity contribution in [2.24, 2.45) is 0 Å². The fourth-order valence-electron chi connectivity index (χ4n) is 7.24. The third kappa shape index (κ3) is 8.01. The van der Waals surface area contributed by atoms with Crippen molar-refractivity contribution in [3.05, 3.63) is 75.4 Å². The van der Waals surface area contributed by atoms with E-state index in [0.29, 0.717) is 100 Å². The number of aromatic nitrogens is 1. The van der Waals surface area contributed by atoms with E-state index in [9.17, 15) is 29.2 Å². The van der Waals surface area contributed by atoms with E-state index in [2.05, 4.69) is 31.9 Å². The Kier molecular flexibility index (Phi) is 11.8. The van der Waals surface area contributed by atoms with E-state index in [1.807, 2.05) is 0 Å². The highest BCUT2D eigenvalue weighted by molar-refractivity contribution is 6.37. The number of piperazine rings is 1. The van der Waals surface area contributed by atoms with Crippen LogP contribution >= 0.6 is 23.2 Å². The lowest BCUT2D eigenvalue weighted by molar-refractivity contribution is -0.136. The lowest BCUT2D eigenvalue weighted by Crippen LogP contribution is -2.54. The summed E-state index contributed by atoms with van der Waals surface area (Å²) >= 11 is 12.7. The molecular formula is C40H38Cl2N8O8. The van der Waals surface area contributed by atoms with Crippen molar-refractivity contribution >= 4 is 80.7 Å². The van der Waals surface area contributed by atoms with Gasteiger partial charge in [-0.3, -0.25) is 44.1 Å². The fraction of sp³-hybridized carbons (Fsp3) is 0.325. The minimum absolute atomic E-state index is 0.0236. The Balaban J connectivity index is 0.908. The highest BCUT2D eigenvalue weighted by Crippen LogP contribution is 2.40. The number of hydrogen-bond donors (Lipinski definition) is 3. The zero-order valence-corrected chi connectivity index (χ0v) is 33.0. The molecular weight excluding hydrogens is 791 g/mol. The Morgan fingerprint density at radius 2 is 1.74 bits per heavy atom. The number of anilines is 3. The van der Waals surface area contributed by atoms with Gasteiger partial charge in [0, 0.05) is 68.5 Å². The monoisotopic (exact) mass is 828 g/mol. The molecule has 3 aromatic carbocycles. The second-order valence-electron chi connectivity index (χ2n) is 13.7. The summed E-state index contributed by atoms with van der Waals surface area (Å²) in [5.41, 5.74) is 2.38. The standard InChI is InChI=1S/C40H38Cl2N8O8/c1-56-31-18-29(25(41)16-26(31)42)46-37-22(19-43)20-44-28-17-33(32(57-2)15-24(28)37)58-14-4-9-48-10-12-49(13-11-48)35(52)21-45-27-6-3-5-23-36(27)40(55)50(39(23)54)30-7-8-34(51)47-38(30)53/h3,5-6,15-18,20,30,45H,4,7-14,21H2,1-2H3,(H,44,46)(H,47,51,53). The van der Waals surface area contributed by atoms with Crippen LogP contribution in [0.4, 0.5) is 17.1 Å². The first kappa shape index (κ1) is 40.1. The molecule has 2 fully saturated rings. The second-order valence-corrected chi connectivity index (χ2v) is 14.5. The molecule has 5 amide bonds. The third-order valence-electron chi connectivity index (χ3n) is 10.3. The lowest BCUT2D eigenvalue weighted by Gasteiger charge is -2.34. The van der Waals surface area contributed by atoms with Crippen molar-refractivity contribution in [1.29, 1.82) is 5.26 Å². The number of carbonyl (C=O) groups excluding carboxylic acids is 5. The van der Waals surface area contributed by atoms with Gasteiger partial charge >= 0.3 is 0 Å². The van der Waals surface area contributed by atoms with Crippen LogP contribution in [-0.4, -0.2) is 115 Å². The molecule has 0 saturated carbocycles. The second kappa shape index (κ2) is 17.1. The van der Waals surface area contributed by atoms with Crippen LogP contribution in [0.1, 0.15) is 45.5 Å². The summed E-state index contributed by atoms with van der Waals surface area (Å²) in [6, 6.07) is 12.5. The molecule has 16 nitrogen and oxygen atoms in total. The molecule has 1 aromatic heterocycles. The van der Waals surface area contributed by atoms with Gasteiger partial charge in [-0.1, -0.05) is 29.3 Å². The smallest absolute Gasteiger partial charge is 0.264 e. The quantitative estimate of drug-likeness (QED) is 0.125. The van der Waals surface area contributed by atoms with Gasteiger partial charge in [-0.05, 0) is 37.1 Å². The molecule has 3 N–H and O–H groups in total. The van der Waals surface area contributed by atoms with Gasteiger partial charge in [0.15, 0.2) is 11.5 Å². The first-order chi connectivity index (χ1) is 28.0. The van der Waals surface area contributed by atoms with Crippen molar-refractivity contribution in [3.63, 3.8) is 0 Å². The Hall–Kier alpha value is -6.15. The Bertz CT molecular complexity index is 2380. The SMILES string of the molecule is COc1cc(Nc2c(C#N)cnc3cc(OCCCN4CCN(C(=O)CNc5cccc6c5C(=O)N(C5CCC(=O)NC5=O)C6=O)CC4)c(OC)cc23)c(Cl)cc1Cl. The summed E-state index contributed by atoms with van der Waals surface area (Å²) in [4.78, 5) is 73.2. The van der Waals surface area contributed by atoms with Crippen molar-refractivity contribution in [2.45, 2.75) is 25.3 Å². The largest absolute Gasteiger partial charge is 0.495 e. The summed E-state index contributed by atoms with van der Waals surface area (Å²) in [6.45, 7) is 3.35. The molecule has 7 rings (SSSR count). The molecule has 2 saturated heterocycles. The normalized spacial score (nSPS) is 16.8. The zero-order chi connectivity index (χ0) is 41.1. The van der Waals surface area contributed by atoms with Gasteiger partial charge in [0.25, 0.3) is 11.8 Å². The van der Waals surface area contributed by atoms with Crippen molar-refractivity contribution in [2.75, 3.05) is 70.7 Å². The van der Waals surface area contributed by atoms with Crippen LogP contribution in [-0.2, 0) is 14.4 Å². The zero-order valence-electron chi connectivity index (χ0n) is 31.5. The number of methoxy groups -OCH3 is 2. The van der Waals surface area contributed by atoms with E-state index in [-0.39, 0.29) is 36.4 Å². The molecule has 1 atom stereocenters. The highest BCUT2D eigenvalue weighted by atomic mass is 35.5. The fourth-order valence-corrected chi connectivity index (χ4v) is 7.75. The average molecular weight is 830 g/mol. The molecule has 0 aliphatic carbocycles. The molecule has 4 aromatic rings. The van der Waals surface area contributed by atoms with Crippen LogP contribution in [0.5, 0.6) is 17.2 Å². The minimum atomic E-state index is -1.08. The number of imide groups is 2. The van der Waals surface area contributed by atoms with E-state index in [0.717, 1.165) is 11.4 Å². The van der Waals surface area contributed by atoms with E-state index < -0.39 is 29.7 Å². The number of nitriles is 1. The molecule has 18 heteroatoms. The van der Waals surface area contributed by atoms with Crippen molar-refractivity contribution in [3.8, 4) is 23.3 Å². The summed E-state index contributed by atoms with van der Waals surface area (Å²) in [5, 5.41) is 19.6. The number of fused-ring (bicyclic) bond motifs is 2. The topological polar surface area (TPSA) is 196 Å². The number of nitrogens with zero attached hydrogens (tertiary/aromatic N) is 5. The number of nitrogens with one attached hydrogen (secondary N) is 3. The number of amides is 5. The number of rotatable bonds is 13. The third-order valence-corrected chi connectivity index (χ3v) is 10.9. The molecule has 1 unspecified atom stereocenters. The van der Waals surface area contributed by atoms with Crippen molar-refractivity contribution < 1.29 is 38.2 Å². The van der Waals surface area contributed by atoms with E-state index >= 15 is 0 Å². The summed E-state index contributed by atoms with van der Waals surface area (Å²) in [5.74, 6) is -1.19. The van der Waals surface area contributed by atoms with Crippen LogP contribution in [0.15, 0.2) is 48.7 Å². The first-order valence-corrected chi connectivity index (χ1v) is 19.2. The van der Waals surface area contributed by atoms with Crippen LogP contribution in [0.3, 0.4) is 0 Å². The Morgan fingerprint density at radius 3 is 2.47 bits per heavy atom. The maximum Gasteiger partial charge on any atom is 0.264 e. The minimum Gasteiger partial charge on any atom is -0.495 e. The van der Waals surface area contributed by atoms with Gasteiger partial charge in [-0.2, -0.15) is 5.26 Å². The van der Waals surface area contributed by atoms with Crippen LogP contribution < -0.4 is 30.2 Å². The number of pyridine rings is 1. The molecule has 4 heterocycles. The predicted molar refractivity (Wildman–Crippen MR) is 214 cm³/mol. The van der Waals surface area contributed by atoms with Gasteiger partial charge in [0.1, 0.15) is 17.9 Å². The molecule has 3 aliphatic heterocycles. The van der Waals surface area contributed by atoms with Crippen molar-refractivity contribution in [1.82, 2.24) is 25.0 Å². The predicted octanol–water partition coefficient (Wildman–Crippen LogP) is 4.60. The number of piperidine rings is 1. The van der Waals surface area contributed by atoms with Crippen LogP contribution in [0, 0.1) is 11.3 Å². The van der Waals surface area contributed by atoms with E-state index in [1.54, 1.807) is 41.3 Å². The Labute approximate surface area is 342 Å².